The molecule has 0 heterocycles. The van der Waals surface area contributed by atoms with Gasteiger partial charge in [0.1, 0.15) is 0 Å². The molecule has 0 spiro atoms. The summed E-state index contributed by atoms with van der Waals surface area (Å²) in [7, 11) is 0. The number of hydrogen-bond donors (Lipinski definition) is 0. The SMILES string of the molecule is CC12CCC3C(CCC4CCCCC43C)C1CCC2I. The first-order valence-electron chi connectivity index (χ1n) is 9.20. The molecule has 0 bridgehead atoms. The second kappa shape index (κ2) is 4.86. The predicted octanol–water partition coefficient (Wildman–Crippen LogP) is 6.22. The maximum absolute atomic E-state index is 2.79. The van der Waals surface area contributed by atoms with E-state index < -0.39 is 0 Å². The van der Waals surface area contributed by atoms with Gasteiger partial charge in [-0.05, 0) is 85.9 Å². The highest BCUT2D eigenvalue weighted by Gasteiger charge is 2.59. The molecule has 4 aliphatic rings. The lowest BCUT2D eigenvalue weighted by Crippen LogP contribution is -2.52. The highest BCUT2D eigenvalue weighted by molar-refractivity contribution is 14.1. The van der Waals surface area contributed by atoms with Crippen LogP contribution in [0.15, 0.2) is 0 Å². The molecule has 1 heteroatoms. The normalized spacial score (nSPS) is 58.6. The third-order valence-corrected chi connectivity index (χ3v) is 10.5. The molecule has 0 amide bonds. The highest BCUT2D eigenvalue weighted by Crippen LogP contribution is 2.67. The van der Waals surface area contributed by atoms with Gasteiger partial charge in [0.2, 0.25) is 0 Å². The van der Waals surface area contributed by atoms with Gasteiger partial charge in [0.25, 0.3) is 0 Å². The van der Waals surface area contributed by atoms with Crippen molar-refractivity contribution in [2.24, 2.45) is 34.5 Å². The molecule has 114 valence electrons. The Hall–Kier alpha value is 0.730. The van der Waals surface area contributed by atoms with Crippen molar-refractivity contribution in [3.63, 3.8) is 0 Å². The lowest BCUT2D eigenvalue weighted by molar-refractivity contribution is -0.101. The van der Waals surface area contributed by atoms with E-state index in [-0.39, 0.29) is 0 Å². The topological polar surface area (TPSA) is 0 Å². The first-order valence-corrected chi connectivity index (χ1v) is 10.4. The number of rotatable bonds is 0. The quantitative estimate of drug-likeness (QED) is 0.342. The van der Waals surface area contributed by atoms with Crippen LogP contribution in [-0.2, 0) is 0 Å². The van der Waals surface area contributed by atoms with Crippen LogP contribution in [0.3, 0.4) is 0 Å². The molecule has 0 aromatic rings. The minimum absolute atomic E-state index is 0.694. The van der Waals surface area contributed by atoms with Crippen LogP contribution in [0, 0.1) is 34.5 Å². The van der Waals surface area contributed by atoms with Gasteiger partial charge in [-0.2, -0.15) is 0 Å². The van der Waals surface area contributed by atoms with Crippen molar-refractivity contribution in [3.8, 4) is 0 Å². The standard InChI is InChI=1S/C19H31I/c1-18-11-4-3-5-13(18)6-7-14-15-8-9-17(20)19(15,2)12-10-16(14)18/h13-17H,3-12H2,1-2H3. The van der Waals surface area contributed by atoms with Crippen molar-refractivity contribution >= 4 is 22.6 Å². The van der Waals surface area contributed by atoms with Crippen molar-refractivity contribution < 1.29 is 0 Å². The Bertz CT molecular complexity index is 391. The molecule has 0 aliphatic heterocycles. The third kappa shape index (κ3) is 1.83. The van der Waals surface area contributed by atoms with Gasteiger partial charge in [-0.25, -0.2) is 0 Å². The smallest absolute Gasteiger partial charge is 0.0166 e. The van der Waals surface area contributed by atoms with Crippen LogP contribution < -0.4 is 0 Å². The van der Waals surface area contributed by atoms with Crippen LogP contribution >= 0.6 is 22.6 Å². The van der Waals surface area contributed by atoms with E-state index in [4.69, 9.17) is 0 Å². The summed E-state index contributed by atoms with van der Waals surface area (Å²) in [5.41, 5.74) is 1.42. The summed E-state index contributed by atoms with van der Waals surface area (Å²) in [6.45, 7) is 5.35. The average Bonchev–Trinajstić information content (AvgIpc) is 2.74. The van der Waals surface area contributed by atoms with Crippen LogP contribution in [0.2, 0.25) is 0 Å². The van der Waals surface area contributed by atoms with Gasteiger partial charge >= 0.3 is 0 Å². The molecule has 4 aliphatic carbocycles. The first kappa shape index (κ1) is 14.3. The Morgan fingerprint density at radius 1 is 0.750 bits per heavy atom. The number of fused-ring (bicyclic) bond motifs is 5. The number of halogens is 1. The maximum atomic E-state index is 2.79. The largest absolute Gasteiger partial charge is 0.0820 e. The van der Waals surface area contributed by atoms with Crippen LogP contribution in [0.5, 0.6) is 0 Å². The Morgan fingerprint density at radius 3 is 2.40 bits per heavy atom. The zero-order chi connectivity index (χ0) is 14.0. The lowest BCUT2D eigenvalue weighted by atomic mass is 9.45. The summed E-state index contributed by atoms with van der Waals surface area (Å²) in [6, 6.07) is 0. The molecule has 4 rings (SSSR count). The molecule has 4 fully saturated rings. The van der Waals surface area contributed by atoms with Gasteiger partial charge in [-0.1, -0.05) is 49.3 Å². The summed E-state index contributed by atoms with van der Waals surface area (Å²) >= 11 is 2.79. The van der Waals surface area contributed by atoms with E-state index in [0.717, 1.165) is 33.0 Å². The number of hydrogen-bond acceptors (Lipinski definition) is 0. The summed E-state index contributed by atoms with van der Waals surface area (Å²) in [5.74, 6) is 4.33. The van der Waals surface area contributed by atoms with Crippen molar-refractivity contribution in [2.45, 2.75) is 82.0 Å². The van der Waals surface area contributed by atoms with Gasteiger partial charge in [0.05, 0.1) is 0 Å². The minimum Gasteiger partial charge on any atom is -0.0820 e. The molecule has 0 aromatic heterocycles. The van der Waals surface area contributed by atoms with Gasteiger partial charge in [-0.15, -0.1) is 0 Å². The van der Waals surface area contributed by atoms with E-state index in [0.29, 0.717) is 5.41 Å². The van der Waals surface area contributed by atoms with Crippen LogP contribution in [0.25, 0.3) is 0 Å². The van der Waals surface area contributed by atoms with Gasteiger partial charge in [0.15, 0.2) is 0 Å². The minimum atomic E-state index is 0.694. The molecule has 4 saturated carbocycles. The van der Waals surface area contributed by atoms with Crippen molar-refractivity contribution in [1.29, 1.82) is 0 Å². The monoisotopic (exact) mass is 386 g/mol. The van der Waals surface area contributed by atoms with Crippen molar-refractivity contribution in [3.05, 3.63) is 0 Å². The molecule has 7 unspecified atom stereocenters. The van der Waals surface area contributed by atoms with E-state index in [9.17, 15) is 0 Å². The van der Waals surface area contributed by atoms with Crippen LogP contribution in [0.1, 0.15) is 78.1 Å². The van der Waals surface area contributed by atoms with Crippen LogP contribution in [-0.4, -0.2) is 3.92 Å². The van der Waals surface area contributed by atoms with Crippen molar-refractivity contribution in [2.75, 3.05) is 0 Å². The zero-order valence-corrected chi connectivity index (χ0v) is 15.5. The Morgan fingerprint density at radius 2 is 1.55 bits per heavy atom. The second-order valence-corrected chi connectivity index (χ2v) is 10.5. The van der Waals surface area contributed by atoms with E-state index in [1.165, 1.54) is 25.7 Å². The summed E-state index contributed by atoms with van der Waals surface area (Å²) < 4.78 is 0.961. The summed E-state index contributed by atoms with van der Waals surface area (Å²) in [5, 5.41) is 0. The maximum Gasteiger partial charge on any atom is 0.0166 e. The fraction of sp³-hybridized carbons (Fsp3) is 1.00. The van der Waals surface area contributed by atoms with Crippen molar-refractivity contribution in [1.82, 2.24) is 0 Å². The molecular formula is C19H31I. The van der Waals surface area contributed by atoms with Gasteiger partial charge in [0, 0.05) is 3.92 Å². The Kier molecular flexibility index (Phi) is 3.48. The molecule has 0 N–H and O–H groups in total. The summed E-state index contributed by atoms with van der Waals surface area (Å²) in [4.78, 5) is 0. The molecule has 0 saturated heterocycles. The van der Waals surface area contributed by atoms with Gasteiger partial charge < -0.3 is 0 Å². The van der Waals surface area contributed by atoms with E-state index in [1.807, 2.05) is 0 Å². The van der Waals surface area contributed by atoms with E-state index in [2.05, 4.69) is 36.4 Å². The van der Waals surface area contributed by atoms with E-state index >= 15 is 0 Å². The van der Waals surface area contributed by atoms with Crippen LogP contribution in [0.4, 0.5) is 0 Å². The first-order chi connectivity index (χ1) is 9.56. The zero-order valence-electron chi connectivity index (χ0n) is 13.3. The Labute approximate surface area is 139 Å². The molecule has 7 atom stereocenters. The third-order valence-electron chi connectivity index (χ3n) is 8.47. The Balaban J connectivity index is 1.64. The molecule has 20 heavy (non-hydrogen) atoms. The fourth-order valence-corrected chi connectivity index (χ4v) is 8.36. The van der Waals surface area contributed by atoms with E-state index in [1.54, 1.807) is 38.5 Å². The number of alkyl halides is 1. The molecule has 0 aromatic carbocycles. The summed E-state index contributed by atoms with van der Waals surface area (Å²) in [6.07, 6.45) is 15.4. The lowest BCUT2D eigenvalue weighted by Gasteiger charge is -2.60. The average molecular weight is 386 g/mol. The molecular weight excluding hydrogens is 355 g/mol. The molecule has 0 radical (unpaired) electrons. The molecule has 0 nitrogen and oxygen atoms in total. The predicted molar refractivity (Wildman–Crippen MR) is 94.2 cm³/mol. The second-order valence-electron chi connectivity index (χ2n) is 8.99. The highest BCUT2D eigenvalue weighted by atomic mass is 127. The fourth-order valence-electron chi connectivity index (χ4n) is 7.23. The van der Waals surface area contributed by atoms with Gasteiger partial charge in [-0.3, -0.25) is 0 Å².